The van der Waals surface area contributed by atoms with Crippen LogP contribution in [0.15, 0.2) is 24.4 Å². The molecule has 1 aliphatic rings. The zero-order chi connectivity index (χ0) is 13.7. The molecular weight excluding hydrogens is 234 g/mol. The van der Waals surface area contributed by atoms with Crippen LogP contribution in [0.3, 0.4) is 0 Å². The standard InChI is InChI=1S/C16H28N3/c1-17(2)13-10-15-8-5-7-12-19(15)16-9-4-6-11-18(3)14-16/h5,7-8,12,16H,4,6,9-11,13-14H2,1-3H3/q+1. The van der Waals surface area contributed by atoms with Crippen molar-refractivity contribution in [3.63, 3.8) is 0 Å². The van der Waals surface area contributed by atoms with Crippen LogP contribution in [-0.4, -0.2) is 50.6 Å². The molecule has 1 aliphatic heterocycles. The molecule has 0 spiro atoms. The van der Waals surface area contributed by atoms with Crippen LogP contribution < -0.4 is 4.57 Å². The Morgan fingerprint density at radius 3 is 2.95 bits per heavy atom. The molecule has 0 amide bonds. The fourth-order valence-electron chi connectivity index (χ4n) is 2.93. The first-order valence-electron chi connectivity index (χ1n) is 7.49. The minimum atomic E-state index is 0.644. The summed E-state index contributed by atoms with van der Waals surface area (Å²) < 4.78 is 2.52. The molecule has 2 rings (SSSR count). The Morgan fingerprint density at radius 2 is 2.16 bits per heavy atom. The molecule has 0 saturated carbocycles. The number of nitrogens with zero attached hydrogens (tertiary/aromatic N) is 3. The number of hydrogen-bond acceptors (Lipinski definition) is 2. The minimum Gasteiger partial charge on any atom is -0.309 e. The Kier molecular flexibility index (Phi) is 5.34. The molecule has 3 heteroatoms. The monoisotopic (exact) mass is 262 g/mol. The van der Waals surface area contributed by atoms with Gasteiger partial charge in [0.05, 0.1) is 6.54 Å². The van der Waals surface area contributed by atoms with Crippen molar-refractivity contribution in [3.8, 4) is 0 Å². The highest BCUT2D eigenvalue weighted by molar-refractivity contribution is 4.98. The number of hydrogen-bond donors (Lipinski definition) is 0. The van der Waals surface area contributed by atoms with Crippen molar-refractivity contribution in [1.82, 2.24) is 9.80 Å². The molecule has 0 aliphatic carbocycles. The van der Waals surface area contributed by atoms with Crippen molar-refractivity contribution >= 4 is 0 Å². The maximum Gasteiger partial charge on any atom is 0.182 e. The van der Waals surface area contributed by atoms with Gasteiger partial charge in [-0.25, -0.2) is 0 Å². The summed E-state index contributed by atoms with van der Waals surface area (Å²) in [7, 11) is 6.54. The summed E-state index contributed by atoms with van der Waals surface area (Å²) in [4.78, 5) is 4.74. The van der Waals surface area contributed by atoms with E-state index in [1.165, 1.54) is 38.0 Å². The normalized spacial score (nSPS) is 21.6. The first-order chi connectivity index (χ1) is 9.16. The summed E-state index contributed by atoms with van der Waals surface area (Å²) >= 11 is 0. The van der Waals surface area contributed by atoms with Gasteiger partial charge in [-0.05, 0) is 40.5 Å². The molecule has 1 aromatic rings. The Bertz CT molecular complexity index is 389. The first-order valence-corrected chi connectivity index (χ1v) is 7.49. The summed E-state index contributed by atoms with van der Waals surface area (Å²) in [5.74, 6) is 0. The smallest absolute Gasteiger partial charge is 0.182 e. The second-order valence-electron chi connectivity index (χ2n) is 6.06. The lowest BCUT2D eigenvalue weighted by Gasteiger charge is -2.18. The van der Waals surface area contributed by atoms with E-state index in [-0.39, 0.29) is 0 Å². The van der Waals surface area contributed by atoms with Crippen LogP contribution in [0, 0.1) is 0 Å². The maximum absolute atomic E-state index is 2.52. The molecule has 19 heavy (non-hydrogen) atoms. The van der Waals surface area contributed by atoms with E-state index in [2.05, 4.69) is 59.9 Å². The largest absolute Gasteiger partial charge is 0.309 e. The second kappa shape index (κ2) is 7.01. The third-order valence-corrected chi connectivity index (χ3v) is 4.04. The van der Waals surface area contributed by atoms with Gasteiger partial charge in [-0.3, -0.25) is 0 Å². The Morgan fingerprint density at radius 1 is 1.32 bits per heavy atom. The summed E-state index contributed by atoms with van der Waals surface area (Å²) in [6.07, 6.45) is 7.41. The summed E-state index contributed by atoms with van der Waals surface area (Å²) in [5, 5.41) is 0. The highest BCUT2D eigenvalue weighted by Crippen LogP contribution is 2.16. The van der Waals surface area contributed by atoms with E-state index in [1.54, 1.807) is 0 Å². The SMILES string of the molecule is CN(C)CCc1cccc[n+]1C1CCCCN(C)C1. The average Bonchev–Trinajstić information content (AvgIpc) is 2.61. The van der Waals surface area contributed by atoms with Crippen molar-refractivity contribution in [2.45, 2.75) is 31.7 Å². The lowest BCUT2D eigenvalue weighted by atomic mass is 10.1. The number of pyridine rings is 1. The number of aromatic nitrogens is 1. The molecule has 2 heterocycles. The fraction of sp³-hybridized carbons (Fsp3) is 0.688. The van der Waals surface area contributed by atoms with Gasteiger partial charge in [0.2, 0.25) is 0 Å². The van der Waals surface area contributed by atoms with Crippen LogP contribution >= 0.6 is 0 Å². The molecule has 0 bridgehead atoms. The highest BCUT2D eigenvalue weighted by atomic mass is 15.1. The van der Waals surface area contributed by atoms with Gasteiger partial charge in [0.25, 0.3) is 0 Å². The predicted molar refractivity (Wildman–Crippen MR) is 79.3 cm³/mol. The number of likely N-dealkylation sites (N-methyl/N-ethyl adjacent to an activating group) is 2. The van der Waals surface area contributed by atoms with Gasteiger partial charge in [0.15, 0.2) is 17.9 Å². The van der Waals surface area contributed by atoms with Gasteiger partial charge in [0.1, 0.15) is 0 Å². The van der Waals surface area contributed by atoms with Gasteiger partial charge >= 0.3 is 0 Å². The zero-order valence-corrected chi connectivity index (χ0v) is 12.7. The summed E-state index contributed by atoms with van der Waals surface area (Å²) in [5.41, 5.74) is 1.47. The van der Waals surface area contributed by atoms with Crippen molar-refractivity contribution in [2.75, 3.05) is 40.8 Å². The van der Waals surface area contributed by atoms with E-state index in [0.29, 0.717) is 6.04 Å². The number of rotatable bonds is 4. The highest BCUT2D eigenvalue weighted by Gasteiger charge is 2.25. The maximum atomic E-state index is 2.52. The van der Waals surface area contributed by atoms with Crippen LogP contribution in [0.25, 0.3) is 0 Å². The van der Waals surface area contributed by atoms with E-state index in [4.69, 9.17) is 0 Å². The van der Waals surface area contributed by atoms with E-state index in [9.17, 15) is 0 Å². The molecule has 1 saturated heterocycles. The van der Waals surface area contributed by atoms with E-state index >= 15 is 0 Å². The summed E-state index contributed by atoms with van der Waals surface area (Å²) in [6.45, 7) is 3.55. The third-order valence-electron chi connectivity index (χ3n) is 4.04. The summed E-state index contributed by atoms with van der Waals surface area (Å²) in [6, 6.07) is 7.27. The molecule has 0 aromatic carbocycles. The van der Waals surface area contributed by atoms with Crippen molar-refractivity contribution in [2.24, 2.45) is 0 Å². The van der Waals surface area contributed by atoms with Crippen molar-refractivity contribution in [3.05, 3.63) is 30.1 Å². The second-order valence-corrected chi connectivity index (χ2v) is 6.06. The van der Waals surface area contributed by atoms with E-state index < -0.39 is 0 Å². The van der Waals surface area contributed by atoms with Crippen LogP contribution in [-0.2, 0) is 6.42 Å². The average molecular weight is 262 g/mol. The molecule has 1 atom stereocenters. The topological polar surface area (TPSA) is 10.4 Å². The van der Waals surface area contributed by atoms with Gasteiger partial charge in [-0.2, -0.15) is 4.57 Å². The van der Waals surface area contributed by atoms with Crippen LogP contribution in [0.1, 0.15) is 31.0 Å². The Labute approximate surface area is 117 Å². The van der Waals surface area contributed by atoms with Gasteiger partial charge in [0, 0.05) is 31.5 Å². The van der Waals surface area contributed by atoms with Crippen LogP contribution in [0.2, 0.25) is 0 Å². The third kappa shape index (κ3) is 4.29. The molecule has 1 aromatic heterocycles. The van der Waals surface area contributed by atoms with Crippen LogP contribution in [0.5, 0.6) is 0 Å². The van der Waals surface area contributed by atoms with Crippen molar-refractivity contribution < 1.29 is 4.57 Å². The minimum absolute atomic E-state index is 0.644. The first kappa shape index (κ1) is 14.5. The number of likely N-dealkylation sites (tertiary alicyclic amines) is 1. The molecule has 1 fully saturated rings. The van der Waals surface area contributed by atoms with E-state index in [1.807, 2.05) is 0 Å². The molecule has 0 N–H and O–H groups in total. The quantitative estimate of drug-likeness (QED) is 0.765. The lowest BCUT2D eigenvalue weighted by molar-refractivity contribution is -0.729. The zero-order valence-electron chi connectivity index (χ0n) is 12.7. The fourth-order valence-corrected chi connectivity index (χ4v) is 2.93. The molecule has 106 valence electrons. The molecule has 1 unspecified atom stereocenters. The molecular formula is C16H28N3+. The van der Waals surface area contributed by atoms with Crippen LogP contribution in [0.4, 0.5) is 0 Å². The Balaban J connectivity index is 2.13. The van der Waals surface area contributed by atoms with Gasteiger partial charge in [-0.1, -0.05) is 6.07 Å². The lowest BCUT2D eigenvalue weighted by Crippen LogP contribution is -2.47. The Hall–Kier alpha value is -0.930. The molecule has 0 radical (unpaired) electrons. The van der Waals surface area contributed by atoms with Gasteiger partial charge in [-0.15, -0.1) is 0 Å². The predicted octanol–water partition coefficient (Wildman–Crippen LogP) is 1.73. The van der Waals surface area contributed by atoms with Crippen molar-refractivity contribution in [1.29, 1.82) is 0 Å². The van der Waals surface area contributed by atoms with E-state index in [0.717, 1.165) is 13.0 Å². The molecule has 3 nitrogen and oxygen atoms in total. The van der Waals surface area contributed by atoms with Gasteiger partial charge < -0.3 is 9.80 Å².